The van der Waals surface area contributed by atoms with E-state index in [0.29, 0.717) is 23.1 Å². The zero-order valence-corrected chi connectivity index (χ0v) is 15.0. The lowest BCUT2D eigenvalue weighted by Crippen LogP contribution is -2.10. The fourth-order valence-corrected chi connectivity index (χ4v) is 5.27. The summed E-state index contributed by atoms with van der Waals surface area (Å²) in [5.74, 6) is 0.507. The van der Waals surface area contributed by atoms with E-state index in [1.807, 2.05) is 11.4 Å². The van der Waals surface area contributed by atoms with Gasteiger partial charge in [-0.25, -0.2) is 4.40 Å². The van der Waals surface area contributed by atoms with Crippen LogP contribution in [0.2, 0.25) is 0 Å². The Labute approximate surface area is 145 Å². The lowest BCUT2D eigenvalue weighted by molar-refractivity contribution is -0.139. The lowest BCUT2D eigenvalue weighted by Gasteiger charge is -2.01. The van der Waals surface area contributed by atoms with Crippen molar-refractivity contribution in [1.29, 1.82) is 0 Å². The van der Waals surface area contributed by atoms with E-state index < -0.39 is 0 Å². The quantitative estimate of drug-likeness (QED) is 0.519. The average Bonchev–Trinajstić information content (AvgIpc) is 3.24. The van der Waals surface area contributed by atoms with Gasteiger partial charge >= 0.3 is 5.97 Å². The summed E-state index contributed by atoms with van der Waals surface area (Å²) in [7, 11) is 1.83. The number of carbonyl (C=O) groups excluding carboxylic acids is 1. The van der Waals surface area contributed by atoms with Gasteiger partial charge in [0, 0.05) is 17.5 Å². The first-order valence-corrected chi connectivity index (χ1v) is 9.58. The summed E-state index contributed by atoms with van der Waals surface area (Å²) in [5.41, 5.74) is 1.72. The Morgan fingerprint density at radius 1 is 1.38 bits per heavy atom. The fourth-order valence-electron chi connectivity index (χ4n) is 3.10. The molecule has 9 heteroatoms. The summed E-state index contributed by atoms with van der Waals surface area (Å²) in [6.07, 6.45) is 2.85. The van der Waals surface area contributed by atoms with E-state index in [4.69, 9.17) is 4.74 Å². The zero-order chi connectivity index (χ0) is 16.8. The fraction of sp³-hybridized carbons (Fsp3) is 0.467. The van der Waals surface area contributed by atoms with Crippen LogP contribution >= 0.6 is 23.1 Å². The van der Waals surface area contributed by atoms with Crippen LogP contribution in [0.4, 0.5) is 0 Å². The largest absolute Gasteiger partial charge is 0.465 e. The zero-order valence-electron chi connectivity index (χ0n) is 13.4. The molecule has 1 aliphatic rings. The Morgan fingerprint density at radius 3 is 3.00 bits per heavy atom. The number of ether oxygens (including phenoxy) is 1. The summed E-state index contributed by atoms with van der Waals surface area (Å²) >= 11 is 2.91. The first-order valence-electron chi connectivity index (χ1n) is 7.78. The number of esters is 1. The third kappa shape index (κ3) is 2.26. The number of carbonyl (C=O) groups is 1. The number of rotatable bonds is 4. The van der Waals surface area contributed by atoms with Crippen molar-refractivity contribution in [3.05, 3.63) is 20.7 Å². The normalized spacial score (nSPS) is 13.8. The number of nitrogens with zero attached hydrogens (tertiary/aromatic N) is 4. The first-order chi connectivity index (χ1) is 11.6. The maximum absolute atomic E-state index is 12.8. The third-order valence-corrected chi connectivity index (χ3v) is 6.33. The molecule has 126 valence electrons. The van der Waals surface area contributed by atoms with Crippen LogP contribution in [-0.4, -0.2) is 37.5 Å². The van der Waals surface area contributed by atoms with E-state index in [1.54, 1.807) is 22.8 Å². The molecule has 24 heavy (non-hydrogen) atoms. The summed E-state index contributed by atoms with van der Waals surface area (Å²) < 4.78 is 8.63. The van der Waals surface area contributed by atoms with Crippen LogP contribution in [0, 0.1) is 0 Å². The highest BCUT2D eigenvalue weighted by atomic mass is 32.2. The van der Waals surface area contributed by atoms with E-state index in [9.17, 15) is 9.59 Å². The van der Waals surface area contributed by atoms with Crippen molar-refractivity contribution in [3.63, 3.8) is 0 Å². The van der Waals surface area contributed by atoms with Crippen LogP contribution < -0.4 is 5.43 Å². The SMILES string of the molecule is CCOC(=O)CSc1nnc2n(C)c3c(=O)c4c(sc3n12)CCC4. The monoisotopic (exact) mass is 364 g/mol. The van der Waals surface area contributed by atoms with Gasteiger partial charge in [0.05, 0.1) is 12.4 Å². The highest BCUT2D eigenvalue weighted by Gasteiger charge is 2.24. The molecule has 3 aromatic rings. The minimum absolute atomic E-state index is 0.102. The van der Waals surface area contributed by atoms with Crippen LogP contribution in [-0.2, 0) is 29.4 Å². The molecular formula is C15H16N4O3S2. The molecule has 0 atom stereocenters. The van der Waals surface area contributed by atoms with Crippen molar-refractivity contribution >= 4 is 45.2 Å². The van der Waals surface area contributed by atoms with Crippen LogP contribution in [0.3, 0.4) is 0 Å². The number of hydrogen-bond donors (Lipinski definition) is 0. The predicted octanol–water partition coefficient (Wildman–Crippen LogP) is 1.79. The van der Waals surface area contributed by atoms with Crippen LogP contribution in [0.25, 0.3) is 16.1 Å². The van der Waals surface area contributed by atoms with Gasteiger partial charge in [0.1, 0.15) is 10.3 Å². The average molecular weight is 364 g/mol. The second-order valence-corrected chi connectivity index (χ2v) is 7.64. The maximum atomic E-state index is 12.8. The molecule has 7 nitrogen and oxygen atoms in total. The number of fused-ring (bicyclic) bond motifs is 4. The molecule has 0 aromatic carbocycles. The summed E-state index contributed by atoms with van der Waals surface area (Å²) in [6, 6.07) is 0. The van der Waals surface area contributed by atoms with Gasteiger partial charge in [-0.2, -0.15) is 0 Å². The Bertz CT molecular complexity index is 1020. The molecule has 3 heterocycles. The van der Waals surface area contributed by atoms with Crippen molar-refractivity contribution in [2.75, 3.05) is 12.4 Å². The highest BCUT2D eigenvalue weighted by molar-refractivity contribution is 7.99. The van der Waals surface area contributed by atoms with Gasteiger partial charge in [0.25, 0.3) is 0 Å². The predicted molar refractivity (Wildman–Crippen MR) is 93.0 cm³/mol. The lowest BCUT2D eigenvalue weighted by atomic mass is 10.2. The Balaban J connectivity index is 1.86. The molecular weight excluding hydrogens is 348 g/mol. The van der Waals surface area contributed by atoms with Gasteiger partial charge in [-0.1, -0.05) is 11.8 Å². The number of imidazole rings is 1. The number of aromatic nitrogens is 4. The van der Waals surface area contributed by atoms with Gasteiger partial charge in [-0.3, -0.25) is 9.59 Å². The molecule has 0 amide bonds. The number of thioether (sulfide) groups is 1. The van der Waals surface area contributed by atoms with Crippen molar-refractivity contribution in [1.82, 2.24) is 19.2 Å². The molecule has 0 saturated carbocycles. The molecule has 4 rings (SSSR count). The molecule has 0 saturated heterocycles. The van der Waals surface area contributed by atoms with Gasteiger partial charge in [0.2, 0.25) is 11.2 Å². The standard InChI is InChI=1S/C15H16N4O3S2/c1-3-22-10(20)7-23-15-17-16-14-18(2)11-12(21)8-5-4-6-9(8)24-13(11)19(14)15/h3-7H2,1-2H3. The molecule has 0 aliphatic heterocycles. The van der Waals surface area contributed by atoms with Crippen LogP contribution in [0.5, 0.6) is 0 Å². The number of aryl methyl sites for hydroxylation is 2. The number of hydrogen-bond acceptors (Lipinski definition) is 7. The van der Waals surface area contributed by atoms with Gasteiger partial charge in [-0.15, -0.1) is 21.5 Å². The minimum atomic E-state index is -0.284. The molecule has 0 radical (unpaired) electrons. The van der Waals surface area contributed by atoms with Gasteiger partial charge < -0.3 is 9.30 Å². The van der Waals surface area contributed by atoms with Crippen molar-refractivity contribution < 1.29 is 9.53 Å². The van der Waals surface area contributed by atoms with Crippen LogP contribution in [0.15, 0.2) is 9.95 Å². The maximum Gasteiger partial charge on any atom is 0.316 e. The molecule has 3 aromatic heterocycles. The van der Waals surface area contributed by atoms with Crippen molar-refractivity contribution in [3.8, 4) is 0 Å². The second-order valence-electron chi connectivity index (χ2n) is 5.61. The Morgan fingerprint density at radius 2 is 2.21 bits per heavy atom. The summed E-state index contributed by atoms with van der Waals surface area (Å²) in [4.78, 5) is 26.4. The molecule has 0 bridgehead atoms. The van der Waals surface area contributed by atoms with Crippen molar-refractivity contribution in [2.45, 2.75) is 31.3 Å². The van der Waals surface area contributed by atoms with Gasteiger partial charge in [0.15, 0.2) is 5.16 Å². The first kappa shape index (κ1) is 15.6. The van der Waals surface area contributed by atoms with Crippen molar-refractivity contribution in [2.24, 2.45) is 7.05 Å². The van der Waals surface area contributed by atoms with Crippen LogP contribution in [0.1, 0.15) is 23.8 Å². The molecule has 0 spiro atoms. The van der Waals surface area contributed by atoms with Gasteiger partial charge in [-0.05, 0) is 26.2 Å². The molecule has 1 aliphatic carbocycles. The van der Waals surface area contributed by atoms with E-state index in [0.717, 1.165) is 34.5 Å². The molecule has 0 fully saturated rings. The van der Waals surface area contributed by atoms with E-state index in [2.05, 4.69) is 10.2 Å². The summed E-state index contributed by atoms with van der Waals surface area (Å²) in [5, 5.41) is 8.98. The van der Waals surface area contributed by atoms with E-state index in [1.165, 1.54) is 11.8 Å². The smallest absolute Gasteiger partial charge is 0.316 e. The van der Waals surface area contributed by atoms with E-state index in [-0.39, 0.29) is 17.2 Å². The Hall–Kier alpha value is -1.87. The van der Waals surface area contributed by atoms with E-state index >= 15 is 0 Å². The second kappa shape index (κ2) is 5.89. The molecule has 0 N–H and O–H groups in total. The summed E-state index contributed by atoms with van der Waals surface area (Å²) in [6.45, 7) is 2.14. The third-order valence-electron chi connectivity index (χ3n) is 4.16. The Kier molecular flexibility index (Phi) is 3.84. The minimum Gasteiger partial charge on any atom is -0.465 e. The topological polar surface area (TPSA) is 78.5 Å². The highest BCUT2D eigenvalue weighted by Crippen LogP contribution is 2.32. The molecule has 0 unspecified atom stereocenters.